The second-order valence-corrected chi connectivity index (χ2v) is 4.65. The van der Waals surface area contributed by atoms with E-state index < -0.39 is 28.0 Å². The molecular formula is C11H11F3N2O3. The van der Waals surface area contributed by atoms with E-state index >= 15 is 0 Å². The van der Waals surface area contributed by atoms with Gasteiger partial charge >= 0.3 is 6.18 Å². The van der Waals surface area contributed by atoms with E-state index in [-0.39, 0.29) is 25.1 Å². The Morgan fingerprint density at radius 3 is 2.42 bits per heavy atom. The molecule has 19 heavy (non-hydrogen) atoms. The van der Waals surface area contributed by atoms with Gasteiger partial charge in [0.25, 0.3) is 5.69 Å². The molecular weight excluding hydrogens is 265 g/mol. The molecule has 1 aromatic rings. The Labute approximate surface area is 106 Å². The molecule has 5 nitrogen and oxygen atoms in total. The summed E-state index contributed by atoms with van der Waals surface area (Å²) in [6, 6.07) is 2.39. The summed E-state index contributed by atoms with van der Waals surface area (Å²) in [7, 11) is 0. The highest BCUT2D eigenvalue weighted by Crippen LogP contribution is 2.33. The fourth-order valence-electron chi connectivity index (χ4n) is 1.96. The molecule has 2 rings (SSSR count). The van der Waals surface area contributed by atoms with E-state index in [2.05, 4.69) is 5.32 Å². The molecule has 1 fully saturated rings. The fraction of sp³-hybridized carbons (Fsp3) is 0.455. The van der Waals surface area contributed by atoms with Crippen LogP contribution in [0.2, 0.25) is 0 Å². The number of nitrogens with one attached hydrogen (secondary N) is 1. The molecule has 1 aliphatic rings. The molecule has 0 unspecified atom stereocenters. The van der Waals surface area contributed by atoms with Crippen LogP contribution in [0.15, 0.2) is 18.2 Å². The van der Waals surface area contributed by atoms with Gasteiger partial charge in [-0.2, -0.15) is 13.2 Å². The Bertz CT molecular complexity index is 512. The lowest BCUT2D eigenvalue weighted by molar-refractivity contribution is -0.385. The predicted octanol–water partition coefficient (Wildman–Crippen LogP) is 1.49. The smallest absolute Gasteiger partial charge is 0.387 e. The number of hydrogen-bond donors (Lipinski definition) is 2. The zero-order valence-electron chi connectivity index (χ0n) is 9.70. The van der Waals surface area contributed by atoms with Crippen molar-refractivity contribution in [3.05, 3.63) is 39.4 Å². The summed E-state index contributed by atoms with van der Waals surface area (Å²) < 4.78 is 37.9. The molecule has 8 heteroatoms. The molecule has 0 spiro atoms. The van der Waals surface area contributed by atoms with Crippen LogP contribution < -0.4 is 5.32 Å². The Kier molecular flexibility index (Phi) is 3.23. The minimum atomic E-state index is -4.65. The number of nitro benzene ring substituents is 1. The van der Waals surface area contributed by atoms with Crippen LogP contribution in [0.5, 0.6) is 0 Å². The Balaban J connectivity index is 2.37. The molecule has 0 bridgehead atoms. The topological polar surface area (TPSA) is 75.4 Å². The minimum Gasteiger partial charge on any atom is -0.387 e. The van der Waals surface area contributed by atoms with Crippen LogP contribution in [0.4, 0.5) is 18.9 Å². The molecule has 0 atom stereocenters. The largest absolute Gasteiger partial charge is 0.416 e. The molecule has 0 saturated carbocycles. The van der Waals surface area contributed by atoms with E-state index in [1.54, 1.807) is 0 Å². The summed E-state index contributed by atoms with van der Waals surface area (Å²) in [5.41, 5.74) is -2.73. The third-order valence-corrected chi connectivity index (χ3v) is 2.96. The number of aliphatic hydroxyl groups is 1. The first-order valence-electron chi connectivity index (χ1n) is 5.48. The lowest BCUT2D eigenvalue weighted by Crippen LogP contribution is -2.60. The lowest BCUT2D eigenvalue weighted by atomic mass is 9.88. The summed E-state index contributed by atoms with van der Waals surface area (Å²) in [4.78, 5) is 9.77. The highest BCUT2D eigenvalue weighted by molar-refractivity contribution is 5.41. The summed E-state index contributed by atoms with van der Waals surface area (Å²) in [5.74, 6) is 0. The number of alkyl halides is 3. The van der Waals surface area contributed by atoms with Gasteiger partial charge in [-0.1, -0.05) is 0 Å². The van der Waals surface area contributed by atoms with Crippen molar-refractivity contribution in [1.82, 2.24) is 5.32 Å². The van der Waals surface area contributed by atoms with Gasteiger partial charge in [-0.15, -0.1) is 0 Å². The second kappa shape index (κ2) is 4.46. The van der Waals surface area contributed by atoms with Crippen LogP contribution >= 0.6 is 0 Å². The quantitative estimate of drug-likeness (QED) is 0.648. The van der Waals surface area contributed by atoms with Gasteiger partial charge in [-0.25, -0.2) is 0 Å². The normalized spacial score (nSPS) is 17.9. The highest BCUT2D eigenvalue weighted by Gasteiger charge is 2.37. The standard InChI is InChI=1S/C11H11F3N2O3/c12-11(13,14)8-1-7(2-9(3-8)16(18)19)4-10(17)5-15-6-10/h1-3,15,17H,4-6H2. The van der Waals surface area contributed by atoms with E-state index in [0.717, 1.165) is 12.1 Å². The molecule has 1 saturated heterocycles. The first kappa shape index (κ1) is 13.8. The predicted molar refractivity (Wildman–Crippen MR) is 59.6 cm³/mol. The van der Waals surface area contributed by atoms with Gasteiger partial charge in [0.15, 0.2) is 0 Å². The number of nitrogens with zero attached hydrogens (tertiary/aromatic N) is 1. The molecule has 104 valence electrons. The first-order valence-corrected chi connectivity index (χ1v) is 5.48. The van der Waals surface area contributed by atoms with E-state index in [9.17, 15) is 28.4 Å². The van der Waals surface area contributed by atoms with E-state index in [0.29, 0.717) is 6.07 Å². The third kappa shape index (κ3) is 3.02. The third-order valence-electron chi connectivity index (χ3n) is 2.96. The molecule has 0 aliphatic carbocycles. The van der Waals surface area contributed by atoms with E-state index in [4.69, 9.17) is 0 Å². The van der Waals surface area contributed by atoms with Gasteiger partial charge in [0.1, 0.15) is 0 Å². The zero-order chi connectivity index (χ0) is 14.3. The first-order chi connectivity index (χ1) is 8.70. The lowest BCUT2D eigenvalue weighted by Gasteiger charge is -2.37. The molecule has 0 amide bonds. The molecule has 2 N–H and O–H groups in total. The van der Waals surface area contributed by atoms with Crippen molar-refractivity contribution in [3.8, 4) is 0 Å². The van der Waals surface area contributed by atoms with Crippen molar-refractivity contribution in [2.24, 2.45) is 0 Å². The van der Waals surface area contributed by atoms with Crippen molar-refractivity contribution >= 4 is 5.69 Å². The maximum absolute atomic E-state index is 12.6. The number of benzene rings is 1. The molecule has 1 aromatic carbocycles. The number of β-amino-alcohol motifs (C(OH)–C–C–N with tert-alkyl or cyclic N) is 1. The molecule has 0 aromatic heterocycles. The summed E-state index contributed by atoms with van der Waals surface area (Å²) >= 11 is 0. The number of halogens is 3. The van der Waals surface area contributed by atoms with Gasteiger partial charge in [0.05, 0.1) is 16.1 Å². The van der Waals surface area contributed by atoms with Crippen molar-refractivity contribution < 1.29 is 23.2 Å². The van der Waals surface area contributed by atoms with Crippen LogP contribution in [0.1, 0.15) is 11.1 Å². The average molecular weight is 276 g/mol. The average Bonchev–Trinajstić information content (AvgIpc) is 2.25. The van der Waals surface area contributed by atoms with Gasteiger partial charge in [-0.3, -0.25) is 10.1 Å². The number of nitro groups is 1. The SMILES string of the molecule is O=[N+]([O-])c1cc(CC2(O)CNC2)cc(C(F)(F)F)c1. The van der Waals surface area contributed by atoms with Crippen LogP contribution in [0.3, 0.4) is 0 Å². The Morgan fingerprint density at radius 1 is 1.37 bits per heavy atom. The molecule has 0 radical (unpaired) electrons. The second-order valence-electron chi connectivity index (χ2n) is 4.65. The van der Waals surface area contributed by atoms with E-state index in [1.807, 2.05) is 0 Å². The minimum absolute atomic E-state index is 0.0508. The van der Waals surface area contributed by atoms with Crippen molar-refractivity contribution in [2.75, 3.05) is 13.1 Å². The van der Waals surface area contributed by atoms with Crippen LogP contribution in [0.25, 0.3) is 0 Å². The van der Waals surface area contributed by atoms with Crippen LogP contribution in [-0.4, -0.2) is 28.7 Å². The maximum Gasteiger partial charge on any atom is 0.416 e. The zero-order valence-corrected chi connectivity index (χ0v) is 9.70. The van der Waals surface area contributed by atoms with Crippen LogP contribution in [0, 0.1) is 10.1 Å². The van der Waals surface area contributed by atoms with E-state index in [1.165, 1.54) is 0 Å². The highest BCUT2D eigenvalue weighted by atomic mass is 19.4. The Hall–Kier alpha value is -1.67. The van der Waals surface area contributed by atoms with Gasteiger partial charge < -0.3 is 10.4 Å². The molecule has 1 heterocycles. The number of rotatable bonds is 3. The van der Waals surface area contributed by atoms with Crippen molar-refractivity contribution in [1.29, 1.82) is 0 Å². The summed E-state index contributed by atoms with van der Waals surface area (Å²) in [5, 5.41) is 23.3. The Morgan fingerprint density at radius 2 is 2.00 bits per heavy atom. The summed E-state index contributed by atoms with van der Waals surface area (Å²) in [6.45, 7) is 0.522. The number of hydrogen-bond acceptors (Lipinski definition) is 4. The van der Waals surface area contributed by atoms with Crippen molar-refractivity contribution in [3.63, 3.8) is 0 Å². The number of non-ortho nitro benzene ring substituents is 1. The maximum atomic E-state index is 12.6. The monoisotopic (exact) mass is 276 g/mol. The fourth-order valence-corrected chi connectivity index (χ4v) is 1.96. The summed E-state index contributed by atoms with van der Waals surface area (Å²) in [6.07, 6.45) is -4.70. The van der Waals surface area contributed by atoms with Gasteiger partial charge in [-0.05, 0) is 11.6 Å². The molecule has 1 aliphatic heterocycles. The van der Waals surface area contributed by atoms with Gasteiger partial charge in [0, 0.05) is 31.6 Å². The van der Waals surface area contributed by atoms with Gasteiger partial charge in [0.2, 0.25) is 0 Å². The van der Waals surface area contributed by atoms with Crippen LogP contribution in [-0.2, 0) is 12.6 Å². The van der Waals surface area contributed by atoms with Crippen molar-refractivity contribution in [2.45, 2.75) is 18.2 Å².